The third kappa shape index (κ3) is 4.24. The first-order valence-electron chi connectivity index (χ1n) is 11.9. The Kier molecular flexibility index (Phi) is 5.42. The third-order valence-electron chi connectivity index (χ3n) is 6.81. The molecule has 178 valence electrons. The molecule has 4 aromatic rings. The van der Waals surface area contributed by atoms with Crippen LogP contribution >= 0.6 is 0 Å². The molecule has 1 aliphatic carbocycles. The monoisotopic (exact) mass is 469 g/mol. The second-order valence-electron chi connectivity index (χ2n) is 9.23. The summed E-state index contributed by atoms with van der Waals surface area (Å²) in [5.74, 6) is 0.638. The van der Waals surface area contributed by atoms with Gasteiger partial charge in [0.2, 0.25) is 0 Å². The number of fused-ring (bicyclic) bond motifs is 1. The Bertz CT molecular complexity index is 1370. The van der Waals surface area contributed by atoms with Crippen molar-refractivity contribution in [1.82, 2.24) is 34.3 Å². The van der Waals surface area contributed by atoms with E-state index in [0.717, 1.165) is 61.8 Å². The largest absolute Gasteiger partial charge is 0.379 e. The molecule has 0 bridgehead atoms. The number of aromatic nitrogens is 6. The lowest BCUT2D eigenvalue weighted by atomic mass is 9.93. The Morgan fingerprint density at radius 1 is 1.00 bits per heavy atom. The molecule has 0 atom stereocenters. The lowest BCUT2D eigenvalue weighted by Crippen LogP contribution is -2.44. The number of benzene rings is 1. The predicted octanol–water partition coefficient (Wildman–Crippen LogP) is 2.64. The molecule has 1 saturated carbocycles. The molecule has 4 heterocycles. The smallest absolute Gasteiger partial charge is 0.178 e. The predicted molar refractivity (Wildman–Crippen MR) is 133 cm³/mol. The van der Waals surface area contributed by atoms with Crippen molar-refractivity contribution in [3.8, 4) is 11.8 Å². The molecular weight excluding hydrogens is 442 g/mol. The Balaban J connectivity index is 1.38. The fourth-order valence-electron chi connectivity index (χ4n) is 4.53. The highest BCUT2D eigenvalue weighted by Gasteiger charge is 2.21. The van der Waals surface area contributed by atoms with Crippen LogP contribution in [0.4, 0.5) is 22.9 Å². The van der Waals surface area contributed by atoms with Crippen LogP contribution in [0.1, 0.15) is 25.0 Å². The van der Waals surface area contributed by atoms with E-state index in [1.807, 2.05) is 16.7 Å². The van der Waals surface area contributed by atoms with Gasteiger partial charge in [0.25, 0.3) is 0 Å². The Labute approximate surface area is 203 Å². The van der Waals surface area contributed by atoms with Gasteiger partial charge in [-0.25, -0.2) is 4.98 Å². The van der Waals surface area contributed by atoms with Gasteiger partial charge in [0.05, 0.1) is 17.6 Å². The summed E-state index contributed by atoms with van der Waals surface area (Å²) in [5.41, 5.74) is 4.92. The summed E-state index contributed by atoms with van der Waals surface area (Å²) in [5, 5.41) is 29.3. The molecule has 35 heavy (non-hydrogen) atoms. The van der Waals surface area contributed by atoms with Crippen LogP contribution in [-0.2, 0) is 0 Å². The summed E-state index contributed by atoms with van der Waals surface area (Å²) in [7, 11) is 2.15. The maximum absolute atomic E-state index is 9.56. The highest BCUT2D eigenvalue weighted by molar-refractivity contribution is 5.75. The minimum atomic E-state index is 0.400. The molecule has 2 N–H and O–H groups in total. The van der Waals surface area contributed by atoms with Crippen LogP contribution in [0.5, 0.6) is 0 Å². The first-order chi connectivity index (χ1) is 17.2. The molecule has 11 heteroatoms. The minimum absolute atomic E-state index is 0.400. The number of anilines is 4. The fraction of sp³-hybridized carbons (Fsp3) is 0.375. The Hall–Kier alpha value is -4.17. The average molecular weight is 470 g/mol. The molecule has 0 unspecified atom stereocenters. The number of imidazole rings is 1. The van der Waals surface area contributed by atoms with Gasteiger partial charge in [0, 0.05) is 49.7 Å². The molecule has 2 aliphatic rings. The van der Waals surface area contributed by atoms with Gasteiger partial charge in [0.1, 0.15) is 18.7 Å². The second kappa shape index (κ2) is 8.88. The van der Waals surface area contributed by atoms with Crippen molar-refractivity contribution in [3.05, 3.63) is 48.8 Å². The van der Waals surface area contributed by atoms with E-state index in [1.165, 1.54) is 6.42 Å². The molecule has 2 fully saturated rings. The zero-order chi connectivity index (χ0) is 23.8. The van der Waals surface area contributed by atoms with Gasteiger partial charge in [-0.1, -0.05) is 0 Å². The van der Waals surface area contributed by atoms with Crippen molar-refractivity contribution >= 4 is 28.5 Å². The number of hydrogen-bond acceptors (Lipinski definition) is 9. The number of piperazine rings is 1. The zero-order valence-corrected chi connectivity index (χ0v) is 19.6. The first-order valence-corrected chi connectivity index (χ1v) is 11.9. The van der Waals surface area contributed by atoms with E-state index in [1.54, 1.807) is 23.4 Å². The van der Waals surface area contributed by atoms with Gasteiger partial charge >= 0.3 is 0 Å². The normalized spacial score (nSPS) is 16.7. The van der Waals surface area contributed by atoms with E-state index in [-0.39, 0.29) is 0 Å². The molecular formula is C24H27N11. The Morgan fingerprint density at radius 2 is 1.77 bits per heavy atom. The molecule has 0 spiro atoms. The highest BCUT2D eigenvalue weighted by Crippen LogP contribution is 2.30. The van der Waals surface area contributed by atoms with Gasteiger partial charge in [-0.3, -0.25) is 4.57 Å². The molecule has 0 radical (unpaired) electrons. The van der Waals surface area contributed by atoms with Crippen molar-refractivity contribution in [1.29, 1.82) is 5.26 Å². The van der Waals surface area contributed by atoms with Crippen LogP contribution in [0.3, 0.4) is 0 Å². The molecule has 3 aromatic heterocycles. The van der Waals surface area contributed by atoms with E-state index < -0.39 is 0 Å². The summed E-state index contributed by atoms with van der Waals surface area (Å²) in [6, 6.07) is 10.9. The van der Waals surface area contributed by atoms with E-state index in [2.05, 4.69) is 66.0 Å². The standard InChI is InChI=1S/C24H27N11/c1-32-5-7-33(8-6-32)19-9-18(10-20(11-19)34-15-27-28-16-34)30-23-12-22(29-17-3-2-4-17)24-26-14-21(13-25)35(24)31-23/h9-12,14-17,29H,2-8H2,1H3,(H,30,31). The number of nitriles is 1. The quantitative estimate of drug-likeness (QED) is 0.440. The average Bonchev–Trinajstić information content (AvgIpc) is 3.52. The molecule has 1 aromatic carbocycles. The number of nitrogens with one attached hydrogen (secondary N) is 2. The third-order valence-corrected chi connectivity index (χ3v) is 6.81. The van der Waals surface area contributed by atoms with Crippen LogP contribution in [0, 0.1) is 11.3 Å². The molecule has 6 rings (SSSR count). The molecule has 1 aliphatic heterocycles. The first kappa shape index (κ1) is 21.4. The van der Waals surface area contributed by atoms with Gasteiger partial charge < -0.3 is 20.4 Å². The van der Waals surface area contributed by atoms with E-state index in [4.69, 9.17) is 0 Å². The summed E-state index contributed by atoms with van der Waals surface area (Å²) in [6.45, 7) is 3.96. The van der Waals surface area contributed by atoms with Crippen LogP contribution in [0.15, 0.2) is 43.1 Å². The van der Waals surface area contributed by atoms with Crippen molar-refractivity contribution in [3.63, 3.8) is 0 Å². The van der Waals surface area contributed by atoms with Crippen LogP contribution in [0.2, 0.25) is 0 Å². The number of nitrogens with zero attached hydrogens (tertiary/aromatic N) is 9. The van der Waals surface area contributed by atoms with Crippen LogP contribution in [0.25, 0.3) is 11.3 Å². The minimum Gasteiger partial charge on any atom is -0.379 e. The van der Waals surface area contributed by atoms with Crippen molar-refractivity contribution in [2.45, 2.75) is 25.3 Å². The second-order valence-corrected chi connectivity index (χ2v) is 9.23. The van der Waals surface area contributed by atoms with Gasteiger partial charge in [-0.15, -0.1) is 15.3 Å². The summed E-state index contributed by atoms with van der Waals surface area (Å²) < 4.78 is 3.50. The number of rotatable bonds is 6. The lowest BCUT2D eigenvalue weighted by Gasteiger charge is -2.34. The number of likely N-dealkylation sites (N-methyl/N-ethyl adjacent to an activating group) is 1. The fourth-order valence-corrected chi connectivity index (χ4v) is 4.53. The zero-order valence-electron chi connectivity index (χ0n) is 19.6. The van der Waals surface area contributed by atoms with Crippen LogP contribution < -0.4 is 15.5 Å². The number of hydrogen-bond donors (Lipinski definition) is 2. The topological polar surface area (TPSA) is 115 Å². The maximum atomic E-state index is 9.56. The SMILES string of the molecule is CN1CCN(c2cc(Nc3cc(NC4CCC4)c4ncc(C#N)n4n3)cc(-n3cnnc3)c2)CC1. The summed E-state index contributed by atoms with van der Waals surface area (Å²) in [4.78, 5) is 9.17. The van der Waals surface area contributed by atoms with Crippen molar-refractivity contribution < 1.29 is 0 Å². The van der Waals surface area contributed by atoms with Crippen LogP contribution in [-0.4, -0.2) is 73.5 Å². The highest BCUT2D eigenvalue weighted by atomic mass is 15.3. The van der Waals surface area contributed by atoms with Gasteiger partial charge in [0.15, 0.2) is 17.2 Å². The van der Waals surface area contributed by atoms with Gasteiger partial charge in [-0.05, 0) is 44.5 Å². The van der Waals surface area contributed by atoms with Gasteiger partial charge in [-0.2, -0.15) is 9.78 Å². The summed E-state index contributed by atoms with van der Waals surface area (Å²) >= 11 is 0. The molecule has 11 nitrogen and oxygen atoms in total. The Morgan fingerprint density at radius 3 is 2.49 bits per heavy atom. The van der Waals surface area contributed by atoms with E-state index in [9.17, 15) is 5.26 Å². The lowest BCUT2D eigenvalue weighted by molar-refractivity contribution is 0.313. The van der Waals surface area contributed by atoms with E-state index >= 15 is 0 Å². The van der Waals surface area contributed by atoms with E-state index in [0.29, 0.717) is 23.2 Å². The molecule has 0 amide bonds. The van der Waals surface area contributed by atoms with Crippen molar-refractivity contribution in [2.24, 2.45) is 0 Å². The van der Waals surface area contributed by atoms with Crippen molar-refractivity contribution in [2.75, 3.05) is 48.8 Å². The molecule has 1 saturated heterocycles. The maximum Gasteiger partial charge on any atom is 0.178 e. The summed E-state index contributed by atoms with van der Waals surface area (Å²) in [6.07, 6.45) is 8.46.